The van der Waals surface area contributed by atoms with Crippen molar-refractivity contribution in [3.63, 3.8) is 0 Å². The van der Waals surface area contributed by atoms with Crippen molar-refractivity contribution in [2.24, 2.45) is 23.7 Å². The molecule has 2 rings (SSSR count). The van der Waals surface area contributed by atoms with Crippen molar-refractivity contribution in [1.29, 1.82) is 0 Å². The summed E-state index contributed by atoms with van der Waals surface area (Å²) in [5, 5.41) is 0. The van der Waals surface area contributed by atoms with Crippen molar-refractivity contribution in [1.82, 2.24) is 0 Å². The smallest absolute Gasteiger partial charge is 0.0386 e. The Morgan fingerprint density at radius 2 is 0.833 bits per heavy atom. The van der Waals surface area contributed by atoms with Gasteiger partial charge in [-0.25, -0.2) is 0 Å². The molecule has 2 aliphatic carbocycles. The SMILES string of the molecule is CCCCCC[C@H]1CC[C@H]([C@H]2CC[C@H](CCCCCC)CC2)CC1. The van der Waals surface area contributed by atoms with Crippen LogP contribution in [0.4, 0.5) is 0 Å². The third-order valence-electron chi connectivity index (χ3n) is 7.38. The summed E-state index contributed by atoms with van der Waals surface area (Å²) in [6.45, 7) is 4.65. The monoisotopic (exact) mass is 334 g/mol. The molecule has 0 heterocycles. The molecule has 2 fully saturated rings. The molecule has 2 aliphatic rings. The highest BCUT2D eigenvalue weighted by molar-refractivity contribution is 4.82. The summed E-state index contributed by atoms with van der Waals surface area (Å²) in [6, 6.07) is 0. The molecule has 0 saturated heterocycles. The molecule has 0 aromatic heterocycles. The molecular weight excluding hydrogens is 288 g/mol. The van der Waals surface area contributed by atoms with Crippen LogP contribution >= 0.6 is 0 Å². The molecule has 0 spiro atoms. The predicted octanol–water partition coefficient (Wildman–Crippen LogP) is 8.54. The normalized spacial score (nSPS) is 31.2. The molecule has 24 heavy (non-hydrogen) atoms. The largest absolute Gasteiger partial charge is 0.0654 e. The first-order chi connectivity index (χ1) is 11.8. The second kappa shape index (κ2) is 12.4. The zero-order valence-electron chi connectivity index (χ0n) is 17.0. The average Bonchev–Trinajstić information content (AvgIpc) is 2.64. The zero-order valence-corrected chi connectivity index (χ0v) is 17.0. The summed E-state index contributed by atoms with van der Waals surface area (Å²) in [4.78, 5) is 0. The van der Waals surface area contributed by atoms with Gasteiger partial charge in [-0.15, -0.1) is 0 Å². The predicted molar refractivity (Wildman–Crippen MR) is 108 cm³/mol. The van der Waals surface area contributed by atoms with Crippen molar-refractivity contribution < 1.29 is 0 Å². The molecule has 0 nitrogen and oxygen atoms in total. The van der Waals surface area contributed by atoms with Crippen molar-refractivity contribution in [3.05, 3.63) is 0 Å². The van der Waals surface area contributed by atoms with Crippen LogP contribution in [-0.4, -0.2) is 0 Å². The summed E-state index contributed by atoms with van der Waals surface area (Å²) in [5.41, 5.74) is 0. The zero-order chi connectivity index (χ0) is 17.0. The molecular formula is C24H46. The second-order valence-electron chi connectivity index (χ2n) is 9.26. The molecule has 0 atom stereocenters. The lowest BCUT2D eigenvalue weighted by molar-refractivity contribution is 0.139. The van der Waals surface area contributed by atoms with Crippen LogP contribution in [-0.2, 0) is 0 Å². The lowest BCUT2D eigenvalue weighted by Gasteiger charge is -2.38. The van der Waals surface area contributed by atoms with Crippen molar-refractivity contribution in [3.8, 4) is 0 Å². The van der Waals surface area contributed by atoms with Crippen LogP contribution in [0.1, 0.15) is 129 Å². The molecule has 0 bridgehead atoms. The Hall–Kier alpha value is 0. The van der Waals surface area contributed by atoms with E-state index in [2.05, 4.69) is 13.8 Å². The molecule has 0 amide bonds. The number of hydrogen-bond acceptors (Lipinski definition) is 0. The summed E-state index contributed by atoms with van der Waals surface area (Å²) in [7, 11) is 0. The molecule has 0 N–H and O–H groups in total. The van der Waals surface area contributed by atoms with Gasteiger partial charge in [-0.3, -0.25) is 0 Å². The molecule has 142 valence electrons. The van der Waals surface area contributed by atoms with Gasteiger partial charge >= 0.3 is 0 Å². The molecule has 0 heteroatoms. The van der Waals surface area contributed by atoms with Gasteiger partial charge in [0.15, 0.2) is 0 Å². The van der Waals surface area contributed by atoms with Crippen molar-refractivity contribution >= 4 is 0 Å². The lowest BCUT2D eigenvalue weighted by Crippen LogP contribution is -2.25. The van der Waals surface area contributed by atoms with Crippen LogP contribution in [0, 0.1) is 23.7 Å². The summed E-state index contributed by atoms with van der Waals surface area (Å²) in [6.07, 6.45) is 27.3. The van der Waals surface area contributed by atoms with Gasteiger partial charge in [0.1, 0.15) is 0 Å². The molecule has 2 saturated carbocycles. The average molecular weight is 335 g/mol. The van der Waals surface area contributed by atoms with Crippen LogP contribution < -0.4 is 0 Å². The van der Waals surface area contributed by atoms with Crippen LogP contribution in [0.25, 0.3) is 0 Å². The van der Waals surface area contributed by atoms with E-state index in [1.54, 1.807) is 51.4 Å². The Morgan fingerprint density at radius 3 is 1.17 bits per heavy atom. The van der Waals surface area contributed by atoms with E-state index in [0.717, 1.165) is 23.7 Å². The van der Waals surface area contributed by atoms with Gasteiger partial charge in [0.25, 0.3) is 0 Å². The fraction of sp³-hybridized carbons (Fsp3) is 1.00. The topological polar surface area (TPSA) is 0 Å². The summed E-state index contributed by atoms with van der Waals surface area (Å²) < 4.78 is 0. The highest BCUT2D eigenvalue weighted by Crippen LogP contribution is 2.43. The number of rotatable bonds is 11. The van der Waals surface area contributed by atoms with Crippen LogP contribution in [0.3, 0.4) is 0 Å². The van der Waals surface area contributed by atoms with Gasteiger partial charge in [0, 0.05) is 0 Å². The number of unbranched alkanes of at least 4 members (excludes halogenated alkanes) is 6. The third-order valence-corrected chi connectivity index (χ3v) is 7.38. The van der Waals surface area contributed by atoms with Crippen LogP contribution in [0.5, 0.6) is 0 Å². The van der Waals surface area contributed by atoms with Gasteiger partial charge in [0.05, 0.1) is 0 Å². The number of hydrogen-bond donors (Lipinski definition) is 0. The maximum absolute atomic E-state index is 2.32. The quantitative estimate of drug-likeness (QED) is 0.332. The Balaban J connectivity index is 1.54. The van der Waals surface area contributed by atoms with E-state index in [-0.39, 0.29) is 0 Å². The summed E-state index contributed by atoms with van der Waals surface area (Å²) in [5.74, 6) is 4.40. The molecule has 0 aromatic carbocycles. The maximum Gasteiger partial charge on any atom is -0.0386 e. The van der Waals surface area contributed by atoms with Gasteiger partial charge in [0.2, 0.25) is 0 Å². The van der Waals surface area contributed by atoms with Gasteiger partial charge in [-0.2, -0.15) is 0 Å². The van der Waals surface area contributed by atoms with E-state index in [1.165, 1.54) is 64.2 Å². The fourth-order valence-corrected chi connectivity index (χ4v) is 5.62. The first kappa shape index (κ1) is 20.3. The lowest BCUT2D eigenvalue weighted by atomic mass is 9.68. The van der Waals surface area contributed by atoms with E-state index in [9.17, 15) is 0 Å². The van der Waals surface area contributed by atoms with Crippen molar-refractivity contribution in [2.75, 3.05) is 0 Å². The second-order valence-corrected chi connectivity index (χ2v) is 9.26. The van der Waals surface area contributed by atoms with E-state index in [0.29, 0.717) is 0 Å². The Kier molecular flexibility index (Phi) is 10.5. The van der Waals surface area contributed by atoms with Crippen LogP contribution in [0.15, 0.2) is 0 Å². The minimum absolute atomic E-state index is 1.09. The minimum atomic E-state index is 1.09. The molecule has 0 aromatic rings. The van der Waals surface area contributed by atoms with E-state index < -0.39 is 0 Å². The molecule has 0 radical (unpaired) electrons. The first-order valence-electron chi connectivity index (χ1n) is 11.8. The molecule has 0 aliphatic heterocycles. The van der Waals surface area contributed by atoms with Gasteiger partial charge < -0.3 is 0 Å². The third kappa shape index (κ3) is 7.49. The Labute approximate surface area is 153 Å². The Bertz CT molecular complexity index is 248. The highest BCUT2D eigenvalue weighted by atomic mass is 14.4. The van der Waals surface area contributed by atoms with Gasteiger partial charge in [-0.05, 0) is 49.4 Å². The van der Waals surface area contributed by atoms with E-state index in [4.69, 9.17) is 0 Å². The molecule has 0 unspecified atom stereocenters. The fourth-order valence-electron chi connectivity index (χ4n) is 5.62. The Morgan fingerprint density at radius 1 is 0.458 bits per heavy atom. The van der Waals surface area contributed by atoms with Gasteiger partial charge in [-0.1, -0.05) is 104 Å². The highest BCUT2D eigenvalue weighted by Gasteiger charge is 2.30. The van der Waals surface area contributed by atoms with E-state index >= 15 is 0 Å². The summed E-state index contributed by atoms with van der Waals surface area (Å²) >= 11 is 0. The van der Waals surface area contributed by atoms with Crippen LogP contribution in [0.2, 0.25) is 0 Å². The van der Waals surface area contributed by atoms with Crippen molar-refractivity contribution in [2.45, 2.75) is 129 Å². The van der Waals surface area contributed by atoms with E-state index in [1.807, 2.05) is 0 Å². The minimum Gasteiger partial charge on any atom is -0.0654 e. The standard InChI is InChI=1S/C24H46/c1-3-5-7-9-11-21-13-17-23(18-14-21)24-19-15-22(16-20-24)12-10-8-6-4-2/h21-24H,3-20H2,1-2H3/t21-,22-,23-,24-. The maximum atomic E-state index is 2.32. The first-order valence-corrected chi connectivity index (χ1v) is 11.8.